The van der Waals surface area contributed by atoms with Crippen LogP contribution >= 0.6 is 11.6 Å². The van der Waals surface area contributed by atoms with Crippen LogP contribution in [0.3, 0.4) is 0 Å². The molecular weight excluding hydrogens is 398 g/mol. The summed E-state index contributed by atoms with van der Waals surface area (Å²) in [7, 11) is 1.22. The Labute approximate surface area is 172 Å². The molecule has 1 aliphatic heterocycles. The maximum absolute atomic E-state index is 12.8. The van der Waals surface area contributed by atoms with Gasteiger partial charge in [0.1, 0.15) is 23.5 Å². The zero-order valence-corrected chi connectivity index (χ0v) is 16.7. The number of hydrogen-bond acceptors (Lipinski definition) is 6. The normalized spacial score (nSPS) is 16.4. The van der Waals surface area contributed by atoms with Gasteiger partial charge in [0.15, 0.2) is 0 Å². The molecule has 152 valence electrons. The number of esters is 2. The fourth-order valence-electron chi connectivity index (χ4n) is 3.26. The van der Waals surface area contributed by atoms with Crippen LogP contribution in [0.15, 0.2) is 36.4 Å². The highest BCUT2D eigenvalue weighted by Gasteiger charge is 2.33. The number of ether oxygens (including phenoxy) is 2. The largest absolute Gasteiger partial charge is 0.506 e. The second-order valence-corrected chi connectivity index (χ2v) is 7.17. The third kappa shape index (κ3) is 4.35. The lowest BCUT2D eigenvalue weighted by molar-refractivity contribution is -0.142. The number of carbonyl (C=O) groups is 3. The smallest absolute Gasteiger partial charge is 0.342 e. The van der Waals surface area contributed by atoms with Gasteiger partial charge in [-0.25, -0.2) is 9.59 Å². The first kappa shape index (κ1) is 20.7. The number of halogens is 1. The molecule has 1 amide bonds. The number of rotatable bonds is 5. The molecule has 0 spiro atoms. The number of fused-ring (bicyclic) bond motifs is 1. The maximum Gasteiger partial charge on any atom is 0.342 e. The molecule has 2 N–H and O–H groups in total. The Hall–Kier alpha value is -3.06. The van der Waals surface area contributed by atoms with Crippen molar-refractivity contribution in [2.24, 2.45) is 0 Å². The molecule has 0 radical (unpaired) electrons. The number of phenolic OH excluding ortho intramolecular Hbond substituents is 1. The summed E-state index contributed by atoms with van der Waals surface area (Å²) >= 11 is 6.26. The minimum Gasteiger partial charge on any atom is -0.506 e. The first-order chi connectivity index (χ1) is 13.8. The predicted molar refractivity (Wildman–Crippen MR) is 105 cm³/mol. The highest BCUT2D eigenvalue weighted by molar-refractivity contribution is 6.32. The van der Waals surface area contributed by atoms with Crippen LogP contribution in [0.4, 0.5) is 0 Å². The fraction of sp³-hybridized carbons (Fsp3) is 0.286. The van der Waals surface area contributed by atoms with Crippen molar-refractivity contribution in [2.75, 3.05) is 7.11 Å². The first-order valence-electron chi connectivity index (χ1n) is 8.99. The molecule has 0 saturated heterocycles. The molecule has 0 fully saturated rings. The summed E-state index contributed by atoms with van der Waals surface area (Å²) in [5, 5.41) is 13.3. The predicted octanol–water partition coefficient (Wildman–Crippen LogP) is 2.66. The lowest BCUT2D eigenvalue weighted by Gasteiger charge is -2.24. The van der Waals surface area contributed by atoms with Gasteiger partial charge in [0.2, 0.25) is 0 Å². The summed E-state index contributed by atoms with van der Waals surface area (Å²) in [6, 6.07) is 9.38. The molecule has 0 aliphatic carbocycles. The lowest BCUT2D eigenvalue weighted by atomic mass is 9.95. The Balaban J connectivity index is 1.91. The van der Waals surface area contributed by atoms with E-state index >= 15 is 0 Å². The highest BCUT2D eigenvalue weighted by Crippen LogP contribution is 2.36. The molecule has 2 aromatic rings. The van der Waals surface area contributed by atoms with Gasteiger partial charge in [-0.3, -0.25) is 4.79 Å². The number of amides is 1. The molecule has 29 heavy (non-hydrogen) atoms. The molecule has 1 heterocycles. The van der Waals surface area contributed by atoms with Gasteiger partial charge in [-0.2, -0.15) is 0 Å². The molecule has 1 unspecified atom stereocenters. The average Bonchev–Trinajstić information content (AvgIpc) is 2.69. The van der Waals surface area contributed by atoms with Gasteiger partial charge < -0.3 is 19.9 Å². The van der Waals surface area contributed by atoms with E-state index in [-0.39, 0.29) is 28.7 Å². The van der Waals surface area contributed by atoms with Gasteiger partial charge in [0.05, 0.1) is 12.7 Å². The first-order valence-corrected chi connectivity index (χ1v) is 9.37. The Morgan fingerprint density at radius 1 is 1.34 bits per heavy atom. The number of hydrogen-bond donors (Lipinski definition) is 2. The number of cyclic esters (lactones) is 1. The van der Waals surface area contributed by atoms with Gasteiger partial charge in [0, 0.05) is 17.9 Å². The maximum atomic E-state index is 12.8. The van der Waals surface area contributed by atoms with Crippen LogP contribution < -0.4 is 5.32 Å². The van der Waals surface area contributed by atoms with E-state index in [2.05, 4.69) is 5.32 Å². The molecule has 2 atom stereocenters. The van der Waals surface area contributed by atoms with Crippen molar-refractivity contribution in [2.45, 2.75) is 31.9 Å². The summed E-state index contributed by atoms with van der Waals surface area (Å²) in [5.41, 5.74) is 0.896. The molecule has 7 nitrogen and oxygen atoms in total. The van der Waals surface area contributed by atoms with E-state index in [1.165, 1.54) is 13.2 Å². The number of nitrogens with one attached hydrogen (secondary N) is 1. The van der Waals surface area contributed by atoms with Gasteiger partial charge in [0.25, 0.3) is 5.91 Å². The third-order valence-electron chi connectivity index (χ3n) is 4.68. The van der Waals surface area contributed by atoms with Crippen molar-refractivity contribution in [1.82, 2.24) is 5.32 Å². The molecule has 1 aliphatic rings. The van der Waals surface area contributed by atoms with Gasteiger partial charge in [-0.05, 0) is 24.1 Å². The van der Waals surface area contributed by atoms with E-state index in [4.69, 9.17) is 21.1 Å². The second kappa shape index (κ2) is 8.53. The van der Waals surface area contributed by atoms with Crippen molar-refractivity contribution >= 4 is 29.4 Å². The van der Waals surface area contributed by atoms with Crippen LogP contribution in [-0.2, 0) is 27.1 Å². The van der Waals surface area contributed by atoms with Crippen molar-refractivity contribution in [3.63, 3.8) is 0 Å². The van der Waals surface area contributed by atoms with E-state index in [0.717, 1.165) is 5.56 Å². The van der Waals surface area contributed by atoms with Crippen molar-refractivity contribution in [1.29, 1.82) is 0 Å². The van der Waals surface area contributed by atoms with Crippen molar-refractivity contribution in [3.8, 4) is 5.75 Å². The highest BCUT2D eigenvalue weighted by atomic mass is 35.5. The molecule has 2 aromatic carbocycles. The summed E-state index contributed by atoms with van der Waals surface area (Å²) in [5.74, 6) is -2.67. The van der Waals surface area contributed by atoms with Crippen LogP contribution in [0.1, 0.15) is 38.8 Å². The molecule has 0 saturated carbocycles. The molecular formula is C21H20ClNO6. The standard InChI is InChI=1S/C21H20ClNO6/c1-11-8-13-15(22)10-14(18(24)17(13)21(27)29-11)19(25)23-16(20(26)28-2)9-12-6-4-3-5-7-12/h3-7,10-11,16,24H,8-9H2,1-2H3,(H,23,25)/t11-,16?/m1/s1. The minimum atomic E-state index is -0.990. The summed E-state index contributed by atoms with van der Waals surface area (Å²) in [4.78, 5) is 37.2. The second-order valence-electron chi connectivity index (χ2n) is 6.77. The van der Waals surface area contributed by atoms with Crippen LogP contribution in [0.2, 0.25) is 5.02 Å². The van der Waals surface area contributed by atoms with Gasteiger partial charge >= 0.3 is 11.9 Å². The Bertz CT molecular complexity index is 959. The van der Waals surface area contributed by atoms with E-state index in [0.29, 0.717) is 12.0 Å². The quantitative estimate of drug-likeness (QED) is 0.725. The number of benzene rings is 2. The van der Waals surface area contributed by atoms with Crippen LogP contribution in [0, 0.1) is 0 Å². The Morgan fingerprint density at radius 2 is 2.03 bits per heavy atom. The number of carbonyl (C=O) groups excluding carboxylic acids is 3. The number of methoxy groups -OCH3 is 1. The monoisotopic (exact) mass is 417 g/mol. The van der Waals surface area contributed by atoms with E-state index in [1.807, 2.05) is 30.3 Å². The molecule has 0 aromatic heterocycles. The van der Waals surface area contributed by atoms with Crippen molar-refractivity contribution < 1.29 is 29.0 Å². The number of aromatic hydroxyl groups is 1. The molecule has 8 heteroatoms. The van der Waals surface area contributed by atoms with E-state index in [9.17, 15) is 19.5 Å². The summed E-state index contributed by atoms with van der Waals surface area (Å²) < 4.78 is 9.91. The van der Waals surface area contributed by atoms with E-state index < -0.39 is 29.6 Å². The lowest BCUT2D eigenvalue weighted by Crippen LogP contribution is -2.43. The minimum absolute atomic E-state index is 0.126. The van der Waals surface area contributed by atoms with Gasteiger partial charge in [-0.1, -0.05) is 41.9 Å². The van der Waals surface area contributed by atoms with Crippen LogP contribution in [0.25, 0.3) is 0 Å². The zero-order valence-electron chi connectivity index (χ0n) is 15.9. The van der Waals surface area contributed by atoms with Crippen LogP contribution in [0.5, 0.6) is 5.75 Å². The SMILES string of the molecule is COC(=O)C(Cc1ccccc1)NC(=O)c1cc(Cl)c2c(c1O)C(=O)O[C@H](C)C2. The summed E-state index contributed by atoms with van der Waals surface area (Å²) in [6.07, 6.45) is 0.132. The molecule has 0 bridgehead atoms. The topological polar surface area (TPSA) is 102 Å². The van der Waals surface area contributed by atoms with Gasteiger partial charge in [-0.15, -0.1) is 0 Å². The molecule has 3 rings (SSSR count). The number of phenols is 1. The third-order valence-corrected chi connectivity index (χ3v) is 5.01. The average molecular weight is 418 g/mol. The van der Waals surface area contributed by atoms with Crippen molar-refractivity contribution in [3.05, 3.63) is 63.7 Å². The Kier molecular flexibility index (Phi) is 6.08. The van der Waals surface area contributed by atoms with Crippen LogP contribution in [-0.4, -0.2) is 42.2 Å². The zero-order chi connectivity index (χ0) is 21.1. The fourth-order valence-corrected chi connectivity index (χ4v) is 3.54. The Morgan fingerprint density at radius 3 is 2.69 bits per heavy atom. The van der Waals surface area contributed by atoms with E-state index in [1.54, 1.807) is 6.92 Å². The summed E-state index contributed by atoms with van der Waals surface area (Å²) in [6.45, 7) is 1.71.